The van der Waals surface area contributed by atoms with Gasteiger partial charge in [0.05, 0.1) is 6.42 Å². The number of rotatable bonds is 5. The quantitative estimate of drug-likeness (QED) is 0.885. The molecule has 24 heavy (non-hydrogen) atoms. The Balaban J connectivity index is 1.77. The van der Waals surface area contributed by atoms with Crippen molar-refractivity contribution < 1.29 is 9.90 Å². The number of carboxylic acid groups (broad SMARTS) is 1. The van der Waals surface area contributed by atoms with Crippen molar-refractivity contribution in [1.82, 2.24) is 0 Å². The molecule has 0 unspecified atom stereocenters. The average Bonchev–Trinajstić information content (AvgIpc) is 2.91. The Morgan fingerprint density at radius 1 is 1.17 bits per heavy atom. The number of hydrogen-bond acceptors (Lipinski definition) is 2. The van der Waals surface area contributed by atoms with Gasteiger partial charge in [-0.3, -0.25) is 4.79 Å². The first-order valence-corrected chi connectivity index (χ1v) is 8.61. The van der Waals surface area contributed by atoms with E-state index in [9.17, 15) is 9.90 Å². The van der Waals surface area contributed by atoms with E-state index in [2.05, 4.69) is 67.3 Å². The fourth-order valence-electron chi connectivity index (χ4n) is 3.80. The molecule has 0 bridgehead atoms. The van der Waals surface area contributed by atoms with Crippen LogP contribution in [0.4, 0.5) is 5.69 Å². The summed E-state index contributed by atoms with van der Waals surface area (Å²) in [6.07, 6.45) is 3.11. The number of carboxylic acids is 1. The fourth-order valence-corrected chi connectivity index (χ4v) is 3.80. The first kappa shape index (κ1) is 16.6. The molecule has 0 radical (unpaired) electrons. The van der Waals surface area contributed by atoms with Crippen molar-refractivity contribution in [3.05, 3.63) is 65.2 Å². The van der Waals surface area contributed by atoms with Gasteiger partial charge in [-0.1, -0.05) is 36.4 Å². The third kappa shape index (κ3) is 3.45. The van der Waals surface area contributed by atoms with Crippen molar-refractivity contribution >= 4 is 11.7 Å². The largest absolute Gasteiger partial charge is 0.481 e. The van der Waals surface area contributed by atoms with Crippen molar-refractivity contribution in [2.24, 2.45) is 0 Å². The zero-order valence-electron chi connectivity index (χ0n) is 14.5. The lowest BCUT2D eigenvalue weighted by molar-refractivity contribution is -0.138. The molecule has 0 amide bonds. The highest BCUT2D eigenvalue weighted by atomic mass is 16.4. The molecule has 2 aromatic rings. The Hall–Kier alpha value is -2.29. The van der Waals surface area contributed by atoms with E-state index in [1.165, 1.54) is 16.7 Å². The normalized spacial score (nSPS) is 20.3. The van der Waals surface area contributed by atoms with Gasteiger partial charge in [-0.15, -0.1) is 0 Å². The average molecular weight is 323 g/mol. The number of carbonyl (C=O) groups is 1. The van der Waals surface area contributed by atoms with Gasteiger partial charge < -0.3 is 10.0 Å². The molecule has 3 rings (SSSR count). The van der Waals surface area contributed by atoms with E-state index in [4.69, 9.17) is 0 Å². The van der Waals surface area contributed by atoms with Crippen LogP contribution >= 0.6 is 0 Å². The van der Waals surface area contributed by atoms with Crippen molar-refractivity contribution in [3.63, 3.8) is 0 Å². The molecule has 1 fully saturated rings. The van der Waals surface area contributed by atoms with Gasteiger partial charge in [-0.2, -0.15) is 0 Å². The van der Waals surface area contributed by atoms with Gasteiger partial charge in [0.25, 0.3) is 0 Å². The topological polar surface area (TPSA) is 40.5 Å². The van der Waals surface area contributed by atoms with Gasteiger partial charge in [0.15, 0.2) is 0 Å². The molecule has 1 aliphatic rings. The lowest BCUT2D eigenvalue weighted by atomic mass is 9.94. The van der Waals surface area contributed by atoms with E-state index in [0.717, 1.165) is 31.5 Å². The van der Waals surface area contributed by atoms with Crippen LogP contribution in [-0.4, -0.2) is 23.2 Å². The summed E-state index contributed by atoms with van der Waals surface area (Å²) in [4.78, 5) is 13.5. The maximum absolute atomic E-state index is 11.2. The Morgan fingerprint density at radius 2 is 1.88 bits per heavy atom. The molecule has 0 aliphatic carbocycles. The molecule has 126 valence electrons. The SMILES string of the molecule is Cc1ccccc1Cc1ccc(N2CCC[C@@]2(C)CC(=O)O)cc1. The summed E-state index contributed by atoms with van der Waals surface area (Å²) in [6.45, 7) is 5.14. The van der Waals surface area contributed by atoms with Gasteiger partial charge in [-0.05, 0) is 61.9 Å². The molecule has 1 heterocycles. The molecule has 0 saturated carbocycles. The van der Waals surface area contributed by atoms with Crippen LogP contribution in [0.5, 0.6) is 0 Å². The molecule has 0 spiro atoms. The lowest BCUT2D eigenvalue weighted by Crippen LogP contribution is -2.43. The maximum Gasteiger partial charge on any atom is 0.305 e. The predicted octanol–water partition coefficient (Wildman–Crippen LogP) is 4.42. The fraction of sp³-hybridized carbons (Fsp3) is 0.381. The van der Waals surface area contributed by atoms with Crippen LogP contribution in [0.1, 0.15) is 42.9 Å². The minimum absolute atomic E-state index is 0.192. The molecule has 2 aromatic carbocycles. The Bertz CT molecular complexity index is 723. The number of benzene rings is 2. The molecule has 3 heteroatoms. The Labute approximate surface area is 143 Å². The van der Waals surface area contributed by atoms with E-state index in [1.54, 1.807) is 0 Å². The van der Waals surface area contributed by atoms with E-state index < -0.39 is 5.97 Å². The van der Waals surface area contributed by atoms with Gasteiger partial charge in [0.2, 0.25) is 0 Å². The summed E-state index contributed by atoms with van der Waals surface area (Å²) in [5.41, 5.74) is 4.80. The minimum Gasteiger partial charge on any atom is -0.481 e. The third-order valence-corrected chi connectivity index (χ3v) is 5.18. The van der Waals surface area contributed by atoms with Gasteiger partial charge in [0, 0.05) is 17.8 Å². The second-order valence-corrected chi connectivity index (χ2v) is 7.09. The molecule has 1 aliphatic heterocycles. The summed E-state index contributed by atoms with van der Waals surface area (Å²) in [5.74, 6) is -0.722. The number of aryl methyl sites for hydroxylation is 1. The van der Waals surface area contributed by atoms with Crippen molar-refractivity contribution in [1.29, 1.82) is 0 Å². The van der Waals surface area contributed by atoms with Crippen molar-refractivity contribution in [2.75, 3.05) is 11.4 Å². The highest BCUT2D eigenvalue weighted by Crippen LogP contribution is 2.36. The van der Waals surface area contributed by atoms with E-state index in [1.807, 2.05) is 0 Å². The zero-order valence-corrected chi connectivity index (χ0v) is 14.5. The molecule has 0 aromatic heterocycles. The Kier molecular flexibility index (Phi) is 4.61. The van der Waals surface area contributed by atoms with Gasteiger partial charge in [0.1, 0.15) is 0 Å². The molecule has 3 nitrogen and oxygen atoms in total. The van der Waals surface area contributed by atoms with Crippen molar-refractivity contribution in [3.8, 4) is 0 Å². The van der Waals surface area contributed by atoms with Crippen LogP contribution in [0, 0.1) is 6.92 Å². The summed E-state index contributed by atoms with van der Waals surface area (Å²) in [6, 6.07) is 17.1. The molecular weight excluding hydrogens is 298 g/mol. The second kappa shape index (κ2) is 6.68. The Morgan fingerprint density at radius 3 is 2.54 bits per heavy atom. The van der Waals surface area contributed by atoms with Crippen LogP contribution in [0.15, 0.2) is 48.5 Å². The number of hydrogen-bond donors (Lipinski definition) is 1. The molecule has 1 N–H and O–H groups in total. The highest BCUT2D eigenvalue weighted by Gasteiger charge is 2.38. The monoisotopic (exact) mass is 323 g/mol. The second-order valence-electron chi connectivity index (χ2n) is 7.09. The maximum atomic E-state index is 11.2. The predicted molar refractivity (Wildman–Crippen MR) is 97.7 cm³/mol. The smallest absolute Gasteiger partial charge is 0.305 e. The first-order valence-electron chi connectivity index (χ1n) is 8.61. The summed E-state index contributed by atoms with van der Waals surface area (Å²) in [7, 11) is 0. The van der Waals surface area contributed by atoms with Crippen LogP contribution in [0.3, 0.4) is 0 Å². The lowest BCUT2D eigenvalue weighted by Gasteiger charge is -2.36. The molecular formula is C21H25NO2. The third-order valence-electron chi connectivity index (χ3n) is 5.18. The zero-order chi connectivity index (χ0) is 17.2. The van der Waals surface area contributed by atoms with Crippen LogP contribution in [0.25, 0.3) is 0 Å². The summed E-state index contributed by atoms with van der Waals surface area (Å²) < 4.78 is 0. The minimum atomic E-state index is -0.722. The van der Waals surface area contributed by atoms with Crippen LogP contribution in [0.2, 0.25) is 0 Å². The van der Waals surface area contributed by atoms with Crippen LogP contribution < -0.4 is 4.90 Å². The molecule has 1 saturated heterocycles. The summed E-state index contributed by atoms with van der Waals surface area (Å²) in [5, 5.41) is 9.21. The summed E-state index contributed by atoms with van der Waals surface area (Å²) >= 11 is 0. The van der Waals surface area contributed by atoms with Crippen molar-refractivity contribution in [2.45, 2.75) is 45.1 Å². The van der Waals surface area contributed by atoms with E-state index in [-0.39, 0.29) is 12.0 Å². The molecule has 1 atom stereocenters. The van der Waals surface area contributed by atoms with Gasteiger partial charge >= 0.3 is 5.97 Å². The van der Waals surface area contributed by atoms with Crippen LogP contribution in [-0.2, 0) is 11.2 Å². The number of anilines is 1. The highest BCUT2D eigenvalue weighted by molar-refractivity contribution is 5.70. The number of aliphatic carboxylic acids is 1. The van der Waals surface area contributed by atoms with E-state index in [0.29, 0.717) is 0 Å². The van der Waals surface area contributed by atoms with E-state index >= 15 is 0 Å². The number of nitrogens with zero attached hydrogens (tertiary/aromatic N) is 1. The standard InChI is InChI=1S/C21H25NO2/c1-16-6-3-4-7-18(16)14-17-8-10-19(11-9-17)22-13-5-12-21(22,2)15-20(23)24/h3-4,6-11H,5,12-15H2,1-2H3,(H,23,24)/t21-/m0/s1. The first-order chi connectivity index (χ1) is 11.5. The van der Waals surface area contributed by atoms with Gasteiger partial charge in [-0.25, -0.2) is 0 Å².